The van der Waals surface area contributed by atoms with E-state index in [2.05, 4.69) is 110 Å². The van der Waals surface area contributed by atoms with Crippen LogP contribution in [-0.4, -0.2) is 8.07 Å². The summed E-state index contributed by atoms with van der Waals surface area (Å²) in [4.78, 5) is 0. The molecule has 0 N–H and O–H groups in total. The Morgan fingerprint density at radius 2 is 1.52 bits per heavy atom. The molecule has 0 spiro atoms. The van der Waals surface area contributed by atoms with Gasteiger partial charge in [-0.15, -0.1) is 0 Å². The number of rotatable bonds is 3. The predicted octanol–water partition coefficient (Wildman–Crippen LogP) is 5.92. The van der Waals surface area contributed by atoms with Crippen molar-refractivity contribution in [2.24, 2.45) is 12.5 Å². The molecule has 0 saturated carbocycles. The molecule has 0 atom stereocenters. The van der Waals surface area contributed by atoms with Crippen LogP contribution in [-0.2, 0) is 18.9 Å². The van der Waals surface area contributed by atoms with Crippen LogP contribution in [0.1, 0.15) is 58.2 Å². The quantitative estimate of drug-likeness (QED) is 0.458. The van der Waals surface area contributed by atoms with E-state index in [4.69, 9.17) is 0 Å². The molecule has 148 valence electrons. The molecular formula is C25H40NSi+. The Morgan fingerprint density at radius 3 is 1.96 bits per heavy atom. The van der Waals surface area contributed by atoms with E-state index in [1.807, 2.05) is 0 Å². The molecule has 27 heavy (non-hydrogen) atoms. The number of hydrogen-bond acceptors (Lipinski definition) is 0. The van der Waals surface area contributed by atoms with Gasteiger partial charge in [0.05, 0.1) is 8.07 Å². The Morgan fingerprint density at radius 1 is 0.926 bits per heavy atom. The first-order valence-electron chi connectivity index (χ1n) is 10.2. The molecule has 0 aliphatic carbocycles. The van der Waals surface area contributed by atoms with Crippen LogP contribution >= 0.6 is 0 Å². The summed E-state index contributed by atoms with van der Waals surface area (Å²) in [6.45, 7) is 23.5. The summed E-state index contributed by atoms with van der Waals surface area (Å²) in [6, 6.07) is 9.46. The molecule has 0 aliphatic heterocycles. The maximum atomic E-state index is 2.47. The van der Waals surface area contributed by atoms with Crippen LogP contribution in [0.2, 0.25) is 19.6 Å². The van der Waals surface area contributed by atoms with E-state index in [0.717, 1.165) is 6.42 Å². The highest BCUT2D eigenvalue weighted by Gasteiger charge is 2.28. The number of benzene rings is 1. The van der Waals surface area contributed by atoms with Crippen molar-refractivity contribution in [3.8, 4) is 11.3 Å². The van der Waals surface area contributed by atoms with Gasteiger partial charge in [-0.05, 0) is 46.9 Å². The van der Waals surface area contributed by atoms with Crippen LogP contribution in [0.5, 0.6) is 0 Å². The van der Waals surface area contributed by atoms with Crippen molar-refractivity contribution < 1.29 is 4.57 Å². The summed E-state index contributed by atoms with van der Waals surface area (Å²) in [5.41, 5.74) is 7.45. The summed E-state index contributed by atoms with van der Waals surface area (Å²) in [5, 5.41) is 1.59. The smallest absolute Gasteiger partial charge is 0.201 e. The van der Waals surface area contributed by atoms with Crippen LogP contribution in [0.25, 0.3) is 11.3 Å². The average molecular weight is 383 g/mol. The van der Waals surface area contributed by atoms with Crippen molar-refractivity contribution in [3.63, 3.8) is 0 Å². The number of nitrogens with zero attached hydrogens (tertiary/aromatic N) is 1. The summed E-state index contributed by atoms with van der Waals surface area (Å²) < 4.78 is 2.35. The minimum absolute atomic E-state index is 0.185. The molecule has 0 fully saturated rings. The maximum absolute atomic E-state index is 2.47. The van der Waals surface area contributed by atoms with Gasteiger partial charge >= 0.3 is 0 Å². The summed E-state index contributed by atoms with van der Waals surface area (Å²) in [6.07, 6.45) is 3.54. The van der Waals surface area contributed by atoms with Crippen LogP contribution < -0.4 is 9.75 Å². The molecule has 0 amide bonds. The first-order chi connectivity index (χ1) is 12.1. The van der Waals surface area contributed by atoms with Gasteiger partial charge in [-0.1, -0.05) is 73.3 Å². The van der Waals surface area contributed by atoms with E-state index in [0.29, 0.717) is 0 Å². The Balaban J connectivity index is 2.66. The van der Waals surface area contributed by atoms with Gasteiger partial charge in [0.25, 0.3) is 0 Å². The van der Waals surface area contributed by atoms with Crippen molar-refractivity contribution >= 4 is 13.3 Å². The van der Waals surface area contributed by atoms with Gasteiger partial charge in [-0.2, -0.15) is 0 Å². The van der Waals surface area contributed by atoms with Crippen LogP contribution in [0.15, 0.2) is 30.5 Å². The third kappa shape index (κ3) is 5.31. The largest absolute Gasteiger partial charge is 0.212 e. The number of hydrogen-bond donors (Lipinski definition) is 0. The molecule has 2 heteroatoms. The number of aryl methyl sites for hydroxylation is 2. The monoisotopic (exact) mass is 382 g/mol. The summed E-state index contributed by atoms with van der Waals surface area (Å²) in [5.74, 6) is 0. The van der Waals surface area contributed by atoms with Crippen molar-refractivity contribution in [2.45, 2.75) is 79.9 Å². The molecule has 0 unspecified atom stereocenters. The van der Waals surface area contributed by atoms with E-state index in [9.17, 15) is 0 Å². The molecule has 0 bridgehead atoms. The van der Waals surface area contributed by atoms with E-state index < -0.39 is 8.07 Å². The first kappa shape index (κ1) is 21.9. The molecule has 2 aromatic rings. The molecular weight excluding hydrogens is 342 g/mol. The lowest BCUT2D eigenvalue weighted by Gasteiger charge is -2.25. The Hall–Kier alpha value is -1.41. The topological polar surface area (TPSA) is 3.88 Å². The molecule has 1 heterocycles. The molecule has 1 aromatic carbocycles. The van der Waals surface area contributed by atoms with Crippen molar-refractivity contribution in [1.29, 1.82) is 0 Å². The van der Waals surface area contributed by atoms with E-state index in [-0.39, 0.29) is 10.8 Å². The molecule has 2 rings (SSSR count). The molecule has 0 saturated heterocycles. The average Bonchev–Trinajstić information content (AvgIpc) is 2.45. The lowest BCUT2D eigenvalue weighted by Crippen LogP contribution is -2.47. The lowest BCUT2D eigenvalue weighted by molar-refractivity contribution is -0.659. The zero-order valence-electron chi connectivity index (χ0n) is 19.5. The number of aromatic nitrogens is 1. The van der Waals surface area contributed by atoms with Gasteiger partial charge in [0, 0.05) is 16.8 Å². The van der Waals surface area contributed by atoms with Gasteiger partial charge in [-0.25, -0.2) is 4.57 Å². The standard InChI is InChI=1S/C25H40NSi/c1-18-14-20(25(5,6)7)12-13-21(18)22-15-19(16-24(2,3)4)23(17-26(22)8)27(9,10)11/h12-15,17H,16H2,1-11H3/q+1. The molecule has 0 radical (unpaired) electrons. The second-order valence-electron chi connectivity index (χ2n) is 11.5. The number of pyridine rings is 1. The third-order valence-electron chi connectivity index (χ3n) is 5.26. The Labute approximate surface area is 168 Å². The van der Waals surface area contributed by atoms with Gasteiger partial charge in [0.2, 0.25) is 5.69 Å². The van der Waals surface area contributed by atoms with E-state index in [1.54, 1.807) is 5.19 Å². The fraction of sp³-hybridized carbons (Fsp3) is 0.560. The normalized spacial score (nSPS) is 13.1. The maximum Gasteiger partial charge on any atom is 0.212 e. The van der Waals surface area contributed by atoms with Gasteiger partial charge in [0.1, 0.15) is 7.05 Å². The minimum atomic E-state index is -1.40. The van der Waals surface area contributed by atoms with Crippen molar-refractivity contribution in [2.75, 3.05) is 0 Å². The molecule has 1 nitrogen and oxygen atoms in total. The predicted molar refractivity (Wildman–Crippen MR) is 123 cm³/mol. The van der Waals surface area contributed by atoms with E-state index >= 15 is 0 Å². The van der Waals surface area contributed by atoms with Crippen LogP contribution in [0, 0.1) is 12.3 Å². The fourth-order valence-corrected chi connectivity index (χ4v) is 5.47. The SMILES string of the molecule is Cc1cc(C(C)(C)C)ccc1-c1cc(CC(C)(C)C)c([Si](C)(C)C)c[n+]1C. The Bertz CT molecular complexity index is 827. The molecule has 0 aliphatic rings. The minimum Gasteiger partial charge on any atom is -0.201 e. The molecule has 1 aromatic heterocycles. The van der Waals surface area contributed by atoms with E-state index in [1.165, 1.54) is 27.9 Å². The van der Waals surface area contributed by atoms with Crippen LogP contribution in [0.4, 0.5) is 0 Å². The van der Waals surface area contributed by atoms with Gasteiger partial charge < -0.3 is 0 Å². The zero-order chi connectivity index (χ0) is 20.8. The van der Waals surface area contributed by atoms with Crippen LogP contribution in [0.3, 0.4) is 0 Å². The van der Waals surface area contributed by atoms with Crippen molar-refractivity contribution in [3.05, 3.63) is 47.2 Å². The second kappa shape index (κ2) is 7.20. The first-order valence-corrected chi connectivity index (χ1v) is 13.7. The Kier molecular flexibility index (Phi) is 5.84. The lowest BCUT2D eigenvalue weighted by atomic mass is 9.84. The van der Waals surface area contributed by atoms with Gasteiger partial charge in [-0.3, -0.25) is 0 Å². The van der Waals surface area contributed by atoms with Crippen molar-refractivity contribution in [1.82, 2.24) is 0 Å². The highest BCUT2D eigenvalue weighted by molar-refractivity contribution is 6.88. The highest BCUT2D eigenvalue weighted by atomic mass is 28.3. The third-order valence-corrected chi connectivity index (χ3v) is 7.32. The summed E-state index contributed by atoms with van der Waals surface area (Å²) >= 11 is 0. The summed E-state index contributed by atoms with van der Waals surface area (Å²) in [7, 11) is 0.804. The van der Waals surface area contributed by atoms with Gasteiger partial charge in [0.15, 0.2) is 6.20 Å². The second-order valence-corrected chi connectivity index (χ2v) is 16.5. The fourth-order valence-electron chi connectivity index (χ4n) is 3.77. The zero-order valence-corrected chi connectivity index (χ0v) is 20.5. The highest BCUT2D eigenvalue weighted by Crippen LogP contribution is 2.29.